The molecular weight excluding hydrogens is 525 g/mol. The molecule has 2 fully saturated rings. The van der Waals surface area contributed by atoms with Crippen LogP contribution in [0.15, 0.2) is 36.4 Å². The van der Waals surface area contributed by atoms with Gasteiger partial charge in [0.25, 0.3) is 5.91 Å². The van der Waals surface area contributed by atoms with Crippen molar-refractivity contribution in [2.24, 2.45) is 0 Å². The van der Waals surface area contributed by atoms with Crippen molar-refractivity contribution in [3.05, 3.63) is 58.7 Å². The van der Waals surface area contributed by atoms with Gasteiger partial charge < -0.3 is 24.4 Å². The van der Waals surface area contributed by atoms with E-state index in [9.17, 15) is 27.9 Å². The maximum Gasteiger partial charge on any atom is 0.416 e. The van der Waals surface area contributed by atoms with E-state index in [2.05, 4.69) is 16.7 Å². The number of hydrogen-bond donors (Lipinski definition) is 1. The second-order valence-electron chi connectivity index (χ2n) is 11.3. The van der Waals surface area contributed by atoms with Gasteiger partial charge in [-0.25, -0.2) is 0 Å². The number of carbonyl (C=O) groups is 2. The third-order valence-electron chi connectivity index (χ3n) is 9.28. The molecule has 1 spiro atoms. The molecule has 210 valence electrons. The molecule has 2 aliphatic carbocycles. The highest BCUT2D eigenvalue weighted by Crippen LogP contribution is 2.65. The van der Waals surface area contributed by atoms with E-state index in [1.165, 1.54) is 24.0 Å². The van der Waals surface area contributed by atoms with Gasteiger partial charge in [0.2, 0.25) is 0 Å². The molecule has 2 aliphatic heterocycles. The summed E-state index contributed by atoms with van der Waals surface area (Å²) in [7, 11) is 3.64. The van der Waals surface area contributed by atoms with E-state index < -0.39 is 46.8 Å². The first-order valence-corrected chi connectivity index (χ1v) is 13.3. The van der Waals surface area contributed by atoms with Gasteiger partial charge in [-0.15, -0.1) is 0 Å². The lowest BCUT2D eigenvalue weighted by Crippen LogP contribution is -2.77. The number of hydrogen-bond acceptors (Lipinski definition) is 6. The number of carbonyl (C=O) groups excluding carboxylic acids is 2. The lowest BCUT2D eigenvalue weighted by Gasteiger charge is -2.64. The fraction of sp³-hybridized carbons (Fsp3) is 0.467. The Morgan fingerprint density at radius 3 is 2.58 bits per heavy atom. The van der Waals surface area contributed by atoms with Gasteiger partial charge in [0.05, 0.1) is 22.6 Å². The minimum absolute atomic E-state index is 0.133. The molecule has 1 saturated carbocycles. The Hall–Kier alpha value is -3.55. The summed E-state index contributed by atoms with van der Waals surface area (Å²) in [4.78, 5) is 28.8. The van der Waals surface area contributed by atoms with E-state index in [1.54, 1.807) is 13.1 Å². The number of amides is 1. The summed E-state index contributed by atoms with van der Waals surface area (Å²) in [6.07, 6.45) is -2.93. The summed E-state index contributed by atoms with van der Waals surface area (Å²) < 4.78 is 50.7. The molecule has 7 nitrogen and oxygen atoms in total. The Bertz CT molecular complexity index is 1460. The number of likely N-dealkylation sites (tertiary alicyclic amines) is 1. The van der Waals surface area contributed by atoms with Crippen molar-refractivity contribution < 1.29 is 37.3 Å². The molecule has 10 heteroatoms. The van der Waals surface area contributed by atoms with E-state index in [0.717, 1.165) is 29.8 Å². The largest absolute Gasteiger partial charge is 0.483 e. The fourth-order valence-electron chi connectivity index (χ4n) is 7.46. The van der Waals surface area contributed by atoms with Crippen LogP contribution in [-0.2, 0) is 27.6 Å². The third-order valence-corrected chi connectivity index (χ3v) is 9.28. The maximum absolute atomic E-state index is 13.3. The zero-order chi connectivity index (χ0) is 28.6. The molecule has 2 heterocycles. The van der Waals surface area contributed by atoms with Gasteiger partial charge in [0.15, 0.2) is 11.5 Å². The predicted molar refractivity (Wildman–Crippen MR) is 138 cm³/mol. The lowest BCUT2D eigenvalue weighted by molar-refractivity contribution is -0.195. The van der Waals surface area contributed by atoms with Gasteiger partial charge in [-0.2, -0.15) is 13.2 Å². The Kier molecular flexibility index (Phi) is 5.99. The summed E-state index contributed by atoms with van der Waals surface area (Å²) >= 11 is 0. The molecule has 2 bridgehead atoms. The van der Waals surface area contributed by atoms with Gasteiger partial charge in [-0.3, -0.25) is 9.59 Å². The molecule has 2 aromatic carbocycles. The average Bonchev–Trinajstić information content (AvgIpc) is 3.25. The topological polar surface area (TPSA) is 79.3 Å². The number of ether oxygens (including phenoxy) is 2. The first kappa shape index (κ1) is 26.7. The summed E-state index contributed by atoms with van der Waals surface area (Å²) in [5, 5.41) is 12.4. The SMILES string of the molecule is CC(=O)Oc1ccc2c3c1O[C@H]1[C@@H](N(C)C(=O)C#Cc4ccc(C(F)(F)F)cc4)CC[C@@]4(O)[C@@H](C2)N(C)CC[C@]314. The van der Waals surface area contributed by atoms with Crippen LogP contribution >= 0.6 is 0 Å². The standard InChI is InChI=1S/C30H29F3N2O5/c1-17(36)39-22-10-7-19-16-23-29(38)13-12-21(27-28(29,14-15-34(23)2)25(19)26(22)40-27)35(3)24(37)11-6-18-4-8-20(9-5-18)30(31,32)33/h4-5,7-10,21,23,27,38H,12-16H2,1-3H3/t21-,23+,27-,28-,29+/m0/s1. The highest BCUT2D eigenvalue weighted by molar-refractivity contribution is 5.94. The van der Waals surface area contributed by atoms with Crippen molar-refractivity contribution in [3.63, 3.8) is 0 Å². The first-order valence-electron chi connectivity index (χ1n) is 13.3. The molecule has 0 unspecified atom stereocenters. The molecule has 40 heavy (non-hydrogen) atoms. The predicted octanol–water partition coefficient (Wildman–Crippen LogP) is 3.29. The summed E-state index contributed by atoms with van der Waals surface area (Å²) in [6, 6.07) is 7.42. The van der Waals surface area contributed by atoms with Crippen LogP contribution in [0.2, 0.25) is 0 Å². The first-order chi connectivity index (χ1) is 18.9. The van der Waals surface area contributed by atoms with E-state index >= 15 is 0 Å². The molecule has 2 aromatic rings. The molecule has 1 saturated heterocycles. The minimum atomic E-state index is -4.45. The number of nitrogens with zero attached hydrogens (tertiary/aromatic N) is 2. The molecule has 5 atom stereocenters. The molecule has 1 amide bonds. The second kappa shape index (κ2) is 8.98. The zero-order valence-electron chi connectivity index (χ0n) is 22.3. The third kappa shape index (κ3) is 3.75. The van der Waals surface area contributed by atoms with Crippen molar-refractivity contribution in [3.8, 4) is 23.3 Å². The van der Waals surface area contributed by atoms with E-state index in [-0.39, 0.29) is 11.6 Å². The van der Waals surface area contributed by atoms with Crippen LogP contribution in [-0.4, -0.2) is 71.2 Å². The second-order valence-corrected chi connectivity index (χ2v) is 11.3. The monoisotopic (exact) mass is 554 g/mol. The van der Waals surface area contributed by atoms with Gasteiger partial charge in [-0.05, 0) is 75.2 Å². The van der Waals surface area contributed by atoms with Gasteiger partial charge in [-0.1, -0.05) is 12.0 Å². The Balaban J connectivity index is 1.35. The van der Waals surface area contributed by atoms with E-state index in [4.69, 9.17) is 9.47 Å². The van der Waals surface area contributed by atoms with E-state index in [1.807, 2.05) is 13.1 Å². The number of alkyl halides is 3. The number of esters is 1. The van der Waals surface area contributed by atoms with Crippen LogP contribution in [0.3, 0.4) is 0 Å². The summed E-state index contributed by atoms with van der Waals surface area (Å²) in [6.45, 7) is 2.04. The molecule has 0 aromatic heterocycles. The zero-order valence-corrected chi connectivity index (χ0v) is 22.3. The van der Waals surface area contributed by atoms with Gasteiger partial charge in [0.1, 0.15) is 6.10 Å². The van der Waals surface area contributed by atoms with Crippen molar-refractivity contribution in [2.75, 3.05) is 20.6 Å². The van der Waals surface area contributed by atoms with Crippen LogP contribution < -0.4 is 9.47 Å². The minimum Gasteiger partial charge on any atom is -0.483 e. The highest BCUT2D eigenvalue weighted by Gasteiger charge is 2.73. The molecule has 6 rings (SSSR count). The van der Waals surface area contributed by atoms with Gasteiger partial charge >= 0.3 is 12.1 Å². The maximum atomic E-state index is 13.3. The fourth-order valence-corrected chi connectivity index (χ4v) is 7.46. The van der Waals surface area contributed by atoms with E-state index in [0.29, 0.717) is 37.2 Å². The Morgan fingerprint density at radius 2 is 1.90 bits per heavy atom. The highest BCUT2D eigenvalue weighted by atomic mass is 19.4. The quantitative estimate of drug-likeness (QED) is 0.349. The van der Waals surface area contributed by atoms with Crippen molar-refractivity contribution in [1.29, 1.82) is 0 Å². The number of halogens is 3. The number of piperidine rings is 1. The number of rotatable bonds is 2. The molecule has 1 N–H and O–H groups in total. The van der Waals surface area contributed by atoms with Gasteiger partial charge in [0, 0.05) is 37.1 Å². The summed E-state index contributed by atoms with van der Waals surface area (Å²) in [5.41, 5.74) is -0.511. The normalized spacial score (nSPS) is 29.9. The smallest absolute Gasteiger partial charge is 0.416 e. The molecular formula is C30H29F3N2O5. The van der Waals surface area contributed by atoms with Crippen LogP contribution in [0.5, 0.6) is 11.5 Å². The van der Waals surface area contributed by atoms with Crippen molar-refractivity contribution >= 4 is 11.9 Å². The average molecular weight is 555 g/mol. The van der Waals surface area contributed by atoms with Crippen molar-refractivity contribution in [2.45, 2.75) is 68.0 Å². The Labute approximate surface area is 229 Å². The molecule has 4 aliphatic rings. The summed E-state index contributed by atoms with van der Waals surface area (Å²) in [5.74, 6) is 4.98. The number of benzene rings is 2. The molecule has 0 radical (unpaired) electrons. The van der Waals surface area contributed by atoms with Crippen molar-refractivity contribution in [1.82, 2.24) is 9.80 Å². The van der Waals surface area contributed by atoms with Crippen LogP contribution in [0.25, 0.3) is 0 Å². The van der Waals surface area contributed by atoms with Crippen LogP contribution in [0.1, 0.15) is 48.4 Å². The number of likely N-dealkylation sites (N-methyl/N-ethyl adjacent to an activating group) is 2. The lowest BCUT2D eigenvalue weighted by atomic mass is 9.48. The number of aliphatic hydroxyl groups is 1. The Morgan fingerprint density at radius 1 is 1.18 bits per heavy atom. The van der Waals surface area contributed by atoms with Crippen LogP contribution in [0.4, 0.5) is 13.2 Å². The van der Waals surface area contributed by atoms with Crippen LogP contribution in [0, 0.1) is 11.8 Å².